The third kappa shape index (κ3) is 4.92. The van der Waals surface area contributed by atoms with Gasteiger partial charge in [-0.2, -0.15) is 18.4 Å². The predicted octanol–water partition coefficient (Wildman–Crippen LogP) is 2.91. The van der Waals surface area contributed by atoms with Crippen molar-refractivity contribution in [2.24, 2.45) is 5.41 Å². The van der Waals surface area contributed by atoms with Gasteiger partial charge in [0.25, 0.3) is 0 Å². The number of alkyl halides is 3. The summed E-state index contributed by atoms with van der Waals surface area (Å²) in [6.07, 6.45) is -4.39. The second-order valence-corrected chi connectivity index (χ2v) is 5.14. The van der Waals surface area contributed by atoms with E-state index in [1.807, 2.05) is 6.07 Å². The van der Waals surface area contributed by atoms with Crippen LogP contribution in [0.5, 0.6) is 0 Å². The van der Waals surface area contributed by atoms with Crippen LogP contribution < -0.4 is 5.32 Å². The topological polar surface area (TPSA) is 52.9 Å². The van der Waals surface area contributed by atoms with E-state index in [-0.39, 0.29) is 18.9 Å². The van der Waals surface area contributed by atoms with Crippen molar-refractivity contribution in [1.29, 1.82) is 5.26 Å². The van der Waals surface area contributed by atoms with Crippen LogP contribution in [0, 0.1) is 16.7 Å². The van der Waals surface area contributed by atoms with E-state index >= 15 is 0 Å². The third-order valence-corrected chi connectivity index (χ3v) is 2.68. The fourth-order valence-corrected chi connectivity index (χ4v) is 1.42. The number of carbonyl (C=O) groups is 1. The van der Waals surface area contributed by atoms with Crippen LogP contribution >= 0.6 is 0 Å². The highest BCUT2D eigenvalue weighted by molar-refractivity contribution is 5.78. The molecule has 0 saturated carbocycles. The summed E-state index contributed by atoms with van der Waals surface area (Å²) >= 11 is 0. The summed E-state index contributed by atoms with van der Waals surface area (Å²) in [5.74, 6) is -0.326. The van der Waals surface area contributed by atoms with Gasteiger partial charge >= 0.3 is 6.18 Å². The molecular weight excluding hydrogens is 269 g/mol. The van der Waals surface area contributed by atoms with Gasteiger partial charge in [-0.15, -0.1) is 0 Å². The molecule has 0 radical (unpaired) electrons. The van der Waals surface area contributed by atoms with Crippen molar-refractivity contribution >= 4 is 5.91 Å². The molecule has 1 aromatic rings. The molecule has 0 spiro atoms. The maximum absolute atomic E-state index is 12.4. The minimum Gasteiger partial charge on any atom is -0.354 e. The molecule has 1 rings (SSSR count). The fourth-order valence-electron chi connectivity index (χ4n) is 1.42. The standard InChI is InChI=1S/C14H15F3N2O/c1-13(2,8-18)9-19-12(20)7-10-3-5-11(6-4-10)14(15,16)17/h3-6H,7,9H2,1-2H3,(H,19,20). The Labute approximate surface area is 115 Å². The van der Waals surface area contributed by atoms with Gasteiger partial charge in [0.2, 0.25) is 5.91 Å². The first-order valence-electron chi connectivity index (χ1n) is 5.98. The predicted molar refractivity (Wildman–Crippen MR) is 67.6 cm³/mol. The average molecular weight is 284 g/mol. The number of carbonyl (C=O) groups excluding carboxylic acids is 1. The number of hydrogen-bond donors (Lipinski definition) is 1. The van der Waals surface area contributed by atoms with E-state index in [4.69, 9.17) is 5.26 Å². The monoisotopic (exact) mass is 284 g/mol. The lowest BCUT2D eigenvalue weighted by molar-refractivity contribution is -0.137. The van der Waals surface area contributed by atoms with E-state index in [0.29, 0.717) is 5.56 Å². The minimum absolute atomic E-state index is 0.0142. The highest BCUT2D eigenvalue weighted by Gasteiger charge is 2.30. The van der Waals surface area contributed by atoms with Gasteiger partial charge in [0, 0.05) is 6.54 Å². The molecule has 0 heterocycles. The second-order valence-electron chi connectivity index (χ2n) is 5.14. The Kier molecular flexibility index (Phi) is 4.77. The summed E-state index contributed by atoms with van der Waals surface area (Å²) in [5.41, 5.74) is -0.923. The van der Waals surface area contributed by atoms with E-state index in [2.05, 4.69) is 5.32 Å². The van der Waals surface area contributed by atoms with E-state index in [0.717, 1.165) is 12.1 Å². The molecule has 3 nitrogen and oxygen atoms in total. The lowest BCUT2D eigenvalue weighted by Gasteiger charge is -2.15. The smallest absolute Gasteiger partial charge is 0.354 e. The van der Waals surface area contributed by atoms with E-state index in [1.165, 1.54) is 12.1 Å². The molecule has 0 aliphatic rings. The van der Waals surface area contributed by atoms with Crippen molar-refractivity contribution in [3.8, 4) is 6.07 Å². The first-order valence-corrected chi connectivity index (χ1v) is 5.98. The zero-order valence-corrected chi connectivity index (χ0v) is 11.2. The molecule has 0 bridgehead atoms. The summed E-state index contributed by atoms with van der Waals surface area (Å²) in [6.45, 7) is 3.57. The number of nitrogens with zero attached hydrogens (tertiary/aromatic N) is 1. The molecule has 0 aromatic heterocycles. The largest absolute Gasteiger partial charge is 0.416 e. The number of nitrogens with one attached hydrogen (secondary N) is 1. The van der Waals surface area contributed by atoms with Crippen LogP contribution in [0.1, 0.15) is 25.0 Å². The van der Waals surface area contributed by atoms with Crippen LogP contribution in [0.2, 0.25) is 0 Å². The number of nitriles is 1. The summed E-state index contributed by atoms with van der Waals surface area (Å²) in [6, 6.07) is 6.49. The zero-order chi connectivity index (χ0) is 15.4. The van der Waals surface area contributed by atoms with Gasteiger partial charge in [0.1, 0.15) is 0 Å². The number of hydrogen-bond acceptors (Lipinski definition) is 2. The molecule has 0 atom stereocenters. The van der Waals surface area contributed by atoms with Gasteiger partial charge in [-0.3, -0.25) is 4.79 Å². The number of rotatable bonds is 4. The van der Waals surface area contributed by atoms with E-state index in [9.17, 15) is 18.0 Å². The van der Waals surface area contributed by atoms with Gasteiger partial charge in [-0.25, -0.2) is 0 Å². The Bertz CT molecular complexity index is 513. The van der Waals surface area contributed by atoms with Gasteiger partial charge in [0.05, 0.1) is 23.5 Å². The normalized spacial score (nSPS) is 11.8. The zero-order valence-electron chi connectivity index (χ0n) is 11.2. The SMILES string of the molecule is CC(C)(C#N)CNC(=O)Cc1ccc(C(F)(F)F)cc1. The Hall–Kier alpha value is -2.03. The molecule has 1 aromatic carbocycles. The molecular formula is C14H15F3N2O. The van der Waals surface area contributed by atoms with Crippen LogP contribution in [0.4, 0.5) is 13.2 Å². The average Bonchev–Trinajstić information content (AvgIpc) is 2.36. The van der Waals surface area contributed by atoms with Crippen LogP contribution in [-0.2, 0) is 17.4 Å². The Morgan fingerprint density at radius 2 is 1.80 bits per heavy atom. The van der Waals surface area contributed by atoms with Gasteiger partial charge in [-0.05, 0) is 31.5 Å². The Morgan fingerprint density at radius 3 is 2.25 bits per heavy atom. The van der Waals surface area contributed by atoms with Crippen molar-refractivity contribution in [2.75, 3.05) is 6.54 Å². The van der Waals surface area contributed by atoms with Gasteiger partial charge in [-0.1, -0.05) is 12.1 Å². The molecule has 1 amide bonds. The highest BCUT2D eigenvalue weighted by atomic mass is 19.4. The first kappa shape index (κ1) is 16.0. The molecule has 0 unspecified atom stereocenters. The molecule has 108 valence electrons. The van der Waals surface area contributed by atoms with E-state index in [1.54, 1.807) is 13.8 Å². The highest BCUT2D eigenvalue weighted by Crippen LogP contribution is 2.29. The van der Waals surface area contributed by atoms with Gasteiger partial charge < -0.3 is 5.32 Å². The molecule has 6 heteroatoms. The lowest BCUT2D eigenvalue weighted by atomic mass is 9.96. The van der Waals surface area contributed by atoms with Gasteiger partial charge in [0.15, 0.2) is 0 Å². The van der Waals surface area contributed by atoms with E-state index < -0.39 is 17.2 Å². The third-order valence-electron chi connectivity index (χ3n) is 2.68. The maximum Gasteiger partial charge on any atom is 0.416 e. The van der Waals surface area contributed by atoms with Crippen molar-refractivity contribution < 1.29 is 18.0 Å². The van der Waals surface area contributed by atoms with Crippen LogP contribution in [0.25, 0.3) is 0 Å². The summed E-state index contributed by atoms with van der Waals surface area (Å²) in [7, 11) is 0. The van der Waals surface area contributed by atoms with Crippen LogP contribution in [0.15, 0.2) is 24.3 Å². The summed E-state index contributed by atoms with van der Waals surface area (Å²) < 4.78 is 37.1. The fraction of sp³-hybridized carbons (Fsp3) is 0.429. The molecule has 0 fully saturated rings. The number of benzene rings is 1. The Balaban J connectivity index is 2.58. The molecule has 1 N–H and O–H groups in total. The number of halogens is 3. The lowest BCUT2D eigenvalue weighted by Crippen LogP contribution is -2.34. The molecule has 0 aliphatic heterocycles. The van der Waals surface area contributed by atoms with Crippen molar-refractivity contribution in [2.45, 2.75) is 26.4 Å². The van der Waals surface area contributed by atoms with Crippen molar-refractivity contribution in [1.82, 2.24) is 5.32 Å². The van der Waals surface area contributed by atoms with Crippen molar-refractivity contribution in [3.63, 3.8) is 0 Å². The van der Waals surface area contributed by atoms with Crippen LogP contribution in [0.3, 0.4) is 0 Å². The molecule has 0 aliphatic carbocycles. The number of amides is 1. The Morgan fingerprint density at radius 1 is 1.25 bits per heavy atom. The first-order chi connectivity index (χ1) is 9.14. The van der Waals surface area contributed by atoms with Crippen molar-refractivity contribution in [3.05, 3.63) is 35.4 Å². The van der Waals surface area contributed by atoms with Crippen LogP contribution in [-0.4, -0.2) is 12.5 Å². The quantitative estimate of drug-likeness (QED) is 0.924. The minimum atomic E-state index is -4.38. The molecule has 20 heavy (non-hydrogen) atoms. The maximum atomic E-state index is 12.4. The summed E-state index contributed by atoms with van der Waals surface area (Å²) in [5, 5.41) is 11.4. The second kappa shape index (κ2) is 5.95. The molecule has 0 saturated heterocycles. The summed E-state index contributed by atoms with van der Waals surface area (Å²) in [4.78, 5) is 11.6.